The maximum atomic E-state index is 6.33. The molecule has 2 heterocycles. The van der Waals surface area contributed by atoms with E-state index >= 15 is 0 Å². The first-order valence-electron chi connectivity index (χ1n) is 19.8. The van der Waals surface area contributed by atoms with Gasteiger partial charge in [-0.05, 0) is 125 Å². The lowest BCUT2D eigenvalue weighted by molar-refractivity contribution is 0.284. The Kier molecular flexibility index (Phi) is 19.3. The highest BCUT2D eigenvalue weighted by atomic mass is 16.5. The molecule has 0 spiro atoms. The summed E-state index contributed by atoms with van der Waals surface area (Å²) in [6, 6.07) is 8.54. The van der Waals surface area contributed by atoms with Gasteiger partial charge in [0.15, 0.2) is 11.5 Å². The summed E-state index contributed by atoms with van der Waals surface area (Å²) in [5.41, 5.74) is 7.38. The zero-order valence-electron chi connectivity index (χ0n) is 32.4. The number of aryl methyl sites for hydroxylation is 2. The molecule has 0 bridgehead atoms. The summed E-state index contributed by atoms with van der Waals surface area (Å²) < 4.78 is 18.6. The van der Waals surface area contributed by atoms with Gasteiger partial charge in [-0.15, -0.1) is 0 Å². The van der Waals surface area contributed by atoms with Crippen LogP contribution >= 0.6 is 0 Å². The second-order valence-corrected chi connectivity index (χ2v) is 14.1. The summed E-state index contributed by atoms with van der Waals surface area (Å²) in [6.07, 6.45) is 29.3. The number of piperidine rings is 1. The molecule has 0 amide bonds. The Morgan fingerprint density at radius 2 is 1.49 bits per heavy atom. The van der Waals surface area contributed by atoms with Crippen LogP contribution in [0, 0.1) is 19.8 Å². The van der Waals surface area contributed by atoms with Crippen LogP contribution in [-0.4, -0.2) is 26.8 Å². The number of rotatable bonds is 23. The standard InChI is InChI=1S/C45H69NO3/c1-8-11-14-15-16-17-18-19-20-31-48-45-32-35(4)42(34-44(45)47-7)37(6)40(41(22-13-10-3)43-26-23-36(5)49-43)25-24-38(21-12-9-2)33-39-27-29-46-30-28-39/h21-26,32,34,39,46H,8-20,27-31,33H2,1-7H3/b25-24-,38-21+,40-37-,41-22-. The summed E-state index contributed by atoms with van der Waals surface area (Å²) in [5, 5.41) is 3.53. The van der Waals surface area contributed by atoms with E-state index in [-0.39, 0.29) is 0 Å². The van der Waals surface area contributed by atoms with Crippen LogP contribution in [0.3, 0.4) is 0 Å². The van der Waals surface area contributed by atoms with Gasteiger partial charge in [-0.3, -0.25) is 0 Å². The molecule has 0 aliphatic carbocycles. The average molecular weight is 672 g/mol. The van der Waals surface area contributed by atoms with Crippen molar-refractivity contribution >= 4 is 11.1 Å². The smallest absolute Gasteiger partial charge is 0.161 e. The van der Waals surface area contributed by atoms with Gasteiger partial charge in [0.25, 0.3) is 0 Å². The third-order valence-corrected chi connectivity index (χ3v) is 9.90. The van der Waals surface area contributed by atoms with Gasteiger partial charge in [0.1, 0.15) is 11.5 Å². The summed E-state index contributed by atoms with van der Waals surface area (Å²) in [6.45, 7) is 16.2. The first-order valence-corrected chi connectivity index (χ1v) is 19.8. The lowest BCUT2D eigenvalue weighted by Crippen LogP contribution is -2.27. The minimum Gasteiger partial charge on any atom is -0.493 e. The molecular formula is C45H69NO3. The SMILES string of the molecule is CCC\C=C(/C=C\C(C(=C\CCC)\c1ccc(C)o1)=C(/C)c1cc(OC)c(OCCCCCCCCCCC)cc1C)CC1CCNCC1. The number of benzene rings is 1. The van der Waals surface area contributed by atoms with Crippen molar-refractivity contribution in [2.75, 3.05) is 26.8 Å². The molecule has 2 aromatic rings. The number of ether oxygens (including phenoxy) is 2. The Hall–Kier alpha value is -2.98. The second kappa shape index (κ2) is 23.4. The number of methoxy groups -OCH3 is 1. The van der Waals surface area contributed by atoms with Crippen LogP contribution in [-0.2, 0) is 0 Å². The van der Waals surface area contributed by atoms with Crippen LogP contribution in [0.15, 0.2) is 64.1 Å². The summed E-state index contributed by atoms with van der Waals surface area (Å²) in [5.74, 6) is 4.22. The fourth-order valence-electron chi connectivity index (χ4n) is 6.86. The summed E-state index contributed by atoms with van der Waals surface area (Å²) >= 11 is 0. The Morgan fingerprint density at radius 3 is 2.12 bits per heavy atom. The van der Waals surface area contributed by atoms with Gasteiger partial charge >= 0.3 is 0 Å². The quantitative estimate of drug-likeness (QED) is 0.0943. The van der Waals surface area contributed by atoms with Crippen molar-refractivity contribution in [2.24, 2.45) is 5.92 Å². The first-order chi connectivity index (χ1) is 23.9. The third kappa shape index (κ3) is 14.0. The van der Waals surface area contributed by atoms with Crippen LogP contribution in [0.2, 0.25) is 0 Å². The molecule has 1 N–H and O–H groups in total. The predicted molar refractivity (Wildman–Crippen MR) is 212 cm³/mol. The molecule has 0 saturated carbocycles. The van der Waals surface area contributed by atoms with Crippen LogP contribution in [0.4, 0.5) is 0 Å². The van der Waals surface area contributed by atoms with E-state index in [4.69, 9.17) is 13.9 Å². The monoisotopic (exact) mass is 672 g/mol. The number of hydrogen-bond acceptors (Lipinski definition) is 4. The lowest BCUT2D eigenvalue weighted by atomic mass is 9.88. The molecule has 3 rings (SSSR count). The van der Waals surface area contributed by atoms with Gasteiger partial charge in [-0.1, -0.05) is 115 Å². The van der Waals surface area contributed by atoms with Gasteiger partial charge in [-0.2, -0.15) is 0 Å². The first kappa shape index (κ1) is 40.4. The Balaban J connectivity index is 1.92. The molecule has 1 aliphatic rings. The average Bonchev–Trinajstić information content (AvgIpc) is 3.55. The predicted octanol–water partition coefficient (Wildman–Crippen LogP) is 13.1. The Bertz CT molecular complexity index is 1350. The lowest BCUT2D eigenvalue weighted by Gasteiger charge is -2.23. The summed E-state index contributed by atoms with van der Waals surface area (Å²) in [7, 11) is 1.75. The molecule has 49 heavy (non-hydrogen) atoms. The molecule has 0 radical (unpaired) electrons. The van der Waals surface area contributed by atoms with Crippen molar-refractivity contribution < 1.29 is 13.9 Å². The van der Waals surface area contributed by atoms with Gasteiger partial charge in [0, 0.05) is 5.57 Å². The van der Waals surface area contributed by atoms with E-state index < -0.39 is 0 Å². The van der Waals surface area contributed by atoms with E-state index in [9.17, 15) is 0 Å². The van der Waals surface area contributed by atoms with E-state index in [1.165, 1.54) is 92.1 Å². The van der Waals surface area contributed by atoms with E-state index in [0.717, 1.165) is 92.7 Å². The highest BCUT2D eigenvalue weighted by Gasteiger charge is 2.19. The van der Waals surface area contributed by atoms with Crippen LogP contribution in [0.25, 0.3) is 11.1 Å². The largest absolute Gasteiger partial charge is 0.493 e. The fourth-order valence-corrected chi connectivity index (χ4v) is 6.86. The molecule has 4 nitrogen and oxygen atoms in total. The van der Waals surface area contributed by atoms with Crippen molar-refractivity contribution in [1.29, 1.82) is 0 Å². The molecule has 0 atom stereocenters. The highest BCUT2D eigenvalue weighted by molar-refractivity contribution is 5.91. The maximum Gasteiger partial charge on any atom is 0.161 e. The van der Waals surface area contributed by atoms with E-state index in [0.29, 0.717) is 0 Å². The van der Waals surface area contributed by atoms with Crippen LogP contribution < -0.4 is 14.8 Å². The van der Waals surface area contributed by atoms with Gasteiger partial charge in [0.05, 0.1) is 13.7 Å². The van der Waals surface area contributed by atoms with Crippen molar-refractivity contribution in [3.63, 3.8) is 0 Å². The second-order valence-electron chi connectivity index (χ2n) is 14.1. The molecule has 4 heteroatoms. The van der Waals surface area contributed by atoms with Gasteiger partial charge in [-0.25, -0.2) is 0 Å². The minimum atomic E-state index is 0.722. The molecule has 0 unspecified atom stereocenters. The van der Waals surface area contributed by atoms with Crippen molar-refractivity contribution in [3.05, 3.63) is 82.4 Å². The van der Waals surface area contributed by atoms with Crippen LogP contribution in [0.5, 0.6) is 11.5 Å². The van der Waals surface area contributed by atoms with Crippen molar-refractivity contribution in [2.45, 2.75) is 144 Å². The van der Waals surface area contributed by atoms with Gasteiger partial charge < -0.3 is 19.2 Å². The number of nitrogens with one attached hydrogen (secondary N) is 1. The van der Waals surface area contributed by atoms with E-state index in [2.05, 4.69) is 88.5 Å². The molecular weight excluding hydrogens is 602 g/mol. The number of allylic oxidation sites excluding steroid dienone is 8. The third-order valence-electron chi connectivity index (χ3n) is 9.90. The van der Waals surface area contributed by atoms with Gasteiger partial charge in [0.2, 0.25) is 0 Å². The zero-order chi connectivity index (χ0) is 35.3. The topological polar surface area (TPSA) is 43.6 Å². The number of furan rings is 1. The zero-order valence-corrected chi connectivity index (χ0v) is 32.4. The summed E-state index contributed by atoms with van der Waals surface area (Å²) in [4.78, 5) is 0. The van der Waals surface area contributed by atoms with Crippen molar-refractivity contribution in [1.82, 2.24) is 5.32 Å². The molecule has 1 aromatic carbocycles. The molecule has 272 valence electrons. The molecule has 1 aliphatic heterocycles. The van der Waals surface area contributed by atoms with Crippen molar-refractivity contribution in [3.8, 4) is 11.5 Å². The normalized spacial score (nSPS) is 15.2. The highest BCUT2D eigenvalue weighted by Crippen LogP contribution is 2.39. The molecule has 1 saturated heterocycles. The minimum absolute atomic E-state index is 0.722. The Labute approximate surface area is 300 Å². The Morgan fingerprint density at radius 1 is 0.816 bits per heavy atom. The van der Waals surface area contributed by atoms with E-state index in [1.54, 1.807) is 7.11 Å². The van der Waals surface area contributed by atoms with Crippen LogP contribution in [0.1, 0.15) is 153 Å². The number of unbranched alkanes of at least 4 members (excludes halogenated alkanes) is 10. The van der Waals surface area contributed by atoms with E-state index in [1.807, 2.05) is 6.92 Å². The maximum absolute atomic E-state index is 6.33. The number of hydrogen-bond donors (Lipinski definition) is 1. The fraction of sp³-hybridized carbons (Fsp3) is 0.600. The molecule has 1 aromatic heterocycles. The molecule has 1 fully saturated rings.